The summed E-state index contributed by atoms with van der Waals surface area (Å²) in [5, 5.41) is 0.404. The highest BCUT2D eigenvalue weighted by Crippen LogP contribution is 2.17. The van der Waals surface area contributed by atoms with E-state index in [0.717, 1.165) is 12.8 Å². The van der Waals surface area contributed by atoms with Gasteiger partial charge in [0.1, 0.15) is 5.82 Å². The van der Waals surface area contributed by atoms with Crippen LogP contribution >= 0.6 is 11.6 Å². The minimum Gasteiger partial charge on any atom is -0.383 e. The summed E-state index contributed by atoms with van der Waals surface area (Å²) in [5.74, 6) is 0.103. The van der Waals surface area contributed by atoms with E-state index >= 15 is 0 Å². The first-order valence-electron chi connectivity index (χ1n) is 5.24. The highest BCUT2D eigenvalue weighted by molar-refractivity contribution is 6.31. The van der Waals surface area contributed by atoms with Gasteiger partial charge in [0.2, 0.25) is 0 Å². The van der Waals surface area contributed by atoms with Crippen molar-refractivity contribution in [2.45, 2.75) is 32.2 Å². The van der Waals surface area contributed by atoms with Crippen LogP contribution in [0.5, 0.6) is 0 Å². The Bertz CT molecular complexity index is 381. The molecule has 1 aromatic heterocycles. The van der Waals surface area contributed by atoms with Crippen molar-refractivity contribution in [3.63, 3.8) is 0 Å². The predicted molar refractivity (Wildman–Crippen MR) is 65.5 cm³/mol. The number of aromatic nitrogens is 1. The Balaban J connectivity index is 2.76. The van der Waals surface area contributed by atoms with Gasteiger partial charge in [0.25, 0.3) is 0 Å². The van der Waals surface area contributed by atoms with Crippen molar-refractivity contribution in [3.05, 3.63) is 22.8 Å². The maximum atomic E-state index is 11.8. The quantitative estimate of drug-likeness (QED) is 0.773. The highest BCUT2D eigenvalue weighted by Gasteiger charge is 2.14. The van der Waals surface area contributed by atoms with Crippen molar-refractivity contribution in [2.75, 3.05) is 5.73 Å². The number of nitrogens with zero attached hydrogens (tertiary/aromatic N) is 1. The van der Waals surface area contributed by atoms with Crippen LogP contribution < -0.4 is 11.5 Å². The molecule has 1 rings (SSSR count). The summed E-state index contributed by atoms with van der Waals surface area (Å²) < 4.78 is 0. The summed E-state index contributed by atoms with van der Waals surface area (Å²) in [7, 11) is 0. The number of carbonyl (C=O) groups excluding carboxylic acids is 1. The maximum absolute atomic E-state index is 11.8. The smallest absolute Gasteiger partial charge is 0.168 e. The molecule has 0 radical (unpaired) electrons. The molecule has 1 atom stereocenters. The molecule has 0 saturated carbocycles. The summed E-state index contributed by atoms with van der Waals surface area (Å²) in [6, 6.07) is 1.40. The first-order chi connectivity index (χ1) is 7.54. The van der Waals surface area contributed by atoms with Gasteiger partial charge in [0.05, 0.1) is 10.6 Å². The van der Waals surface area contributed by atoms with Crippen LogP contribution in [0.4, 0.5) is 5.82 Å². The molecule has 0 spiro atoms. The molecule has 1 heterocycles. The highest BCUT2D eigenvalue weighted by atomic mass is 35.5. The van der Waals surface area contributed by atoms with E-state index in [4.69, 9.17) is 23.1 Å². The van der Waals surface area contributed by atoms with Gasteiger partial charge in [0.15, 0.2) is 5.78 Å². The lowest BCUT2D eigenvalue weighted by atomic mass is 10.0. The lowest BCUT2D eigenvalue weighted by Crippen LogP contribution is -2.24. The number of hydrogen-bond acceptors (Lipinski definition) is 4. The summed E-state index contributed by atoms with van der Waals surface area (Å²) in [6.45, 7) is 2.03. The molecule has 1 aromatic rings. The third-order valence-electron chi connectivity index (χ3n) is 2.29. The largest absolute Gasteiger partial charge is 0.383 e. The van der Waals surface area contributed by atoms with Crippen molar-refractivity contribution < 1.29 is 4.79 Å². The van der Waals surface area contributed by atoms with Crippen molar-refractivity contribution >= 4 is 23.2 Å². The molecule has 0 aromatic carbocycles. The average Bonchev–Trinajstić information content (AvgIpc) is 2.21. The molecule has 0 fully saturated rings. The zero-order chi connectivity index (χ0) is 12.1. The van der Waals surface area contributed by atoms with Gasteiger partial charge in [-0.3, -0.25) is 4.79 Å². The Morgan fingerprint density at radius 2 is 2.31 bits per heavy atom. The second kappa shape index (κ2) is 5.82. The van der Waals surface area contributed by atoms with Gasteiger partial charge < -0.3 is 11.5 Å². The van der Waals surface area contributed by atoms with Crippen LogP contribution in [0.15, 0.2) is 12.3 Å². The molecule has 16 heavy (non-hydrogen) atoms. The second-order valence-corrected chi connectivity index (χ2v) is 4.20. The number of hydrogen-bond donors (Lipinski definition) is 2. The van der Waals surface area contributed by atoms with Crippen molar-refractivity contribution in [2.24, 2.45) is 5.73 Å². The average molecular weight is 242 g/mol. The lowest BCUT2D eigenvalue weighted by Gasteiger charge is -2.10. The number of Topliss-reactive ketones (excluding diaryl/α,β-unsaturated/α-hetero) is 1. The van der Waals surface area contributed by atoms with Crippen molar-refractivity contribution in [3.8, 4) is 0 Å². The molecular weight excluding hydrogens is 226 g/mol. The minimum absolute atomic E-state index is 0.103. The molecular formula is C11H16ClN3O. The molecule has 4 N–H and O–H groups in total. The summed E-state index contributed by atoms with van der Waals surface area (Å²) in [4.78, 5) is 15.7. The van der Waals surface area contributed by atoms with Gasteiger partial charge in [0, 0.05) is 18.7 Å². The normalized spacial score (nSPS) is 12.4. The van der Waals surface area contributed by atoms with E-state index in [1.165, 1.54) is 12.3 Å². The SMILES string of the molecule is CCCC(N)CC(=O)c1cc(Cl)cnc1N. The molecule has 88 valence electrons. The van der Waals surface area contributed by atoms with Crippen molar-refractivity contribution in [1.82, 2.24) is 4.98 Å². The number of pyridine rings is 1. The van der Waals surface area contributed by atoms with Gasteiger partial charge in [-0.15, -0.1) is 0 Å². The molecule has 0 aliphatic heterocycles. The van der Waals surface area contributed by atoms with Crippen LogP contribution in [0.25, 0.3) is 0 Å². The van der Waals surface area contributed by atoms with Crippen LogP contribution in [0.3, 0.4) is 0 Å². The fourth-order valence-corrected chi connectivity index (χ4v) is 1.65. The molecule has 0 saturated heterocycles. The molecule has 0 aliphatic rings. The van der Waals surface area contributed by atoms with Gasteiger partial charge in [-0.25, -0.2) is 4.98 Å². The van der Waals surface area contributed by atoms with Crippen LogP contribution in [0.1, 0.15) is 36.5 Å². The van der Waals surface area contributed by atoms with Crippen LogP contribution in [0.2, 0.25) is 5.02 Å². The Morgan fingerprint density at radius 1 is 1.62 bits per heavy atom. The monoisotopic (exact) mass is 241 g/mol. The zero-order valence-corrected chi connectivity index (χ0v) is 10.00. The third-order valence-corrected chi connectivity index (χ3v) is 2.50. The summed E-state index contributed by atoms with van der Waals surface area (Å²) >= 11 is 5.76. The zero-order valence-electron chi connectivity index (χ0n) is 9.24. The molecule has 1 unspecified atom stereocenters. The van der Waals surface area contributed by atoms with Gasteiger partial charge in [-0.2, -0.15) is 0 Å². The fourth-order valence-electron chi connectivity index (χ4n) is 1.49. The van der Waals surface area contributed by atoms with E-state index in [0.29, 0.717) is 10.6 Å². The number of carbonyl (C=O) groups is 1. The van der Waals surface area contributed by atoms with Gasteiger partial charge in [-0.1, -0.05) is 24.9 Å². The number of halogens is 1. The topological polar surface area (TPSA) is 82.0 Å². The third kappa shape index (κ3) is 3.47. The summed E-state index contributed by atoms with van der Waals surface area (Å²) in [5.41, 5.74) is 11.8. The fraction of sp³-hybridized carbons (Fsp3) is 0.455. The van der Waals surface area contributed by atoms with E-state index in [9.17, 15) is 4.79 Å². The first-order valence-corrected chi connectivity index (χ1v) is 5.62. The number of nitrogens with two attached hydrogens (primary N) is 2. The number of ketones is 1. The second-order valence-electron chi connectivity index (χ2n) is 3.76. The lowest BCUT2D eigenvalue weighted by molar-refractivity contribution is 0.0974. The molecule has 0 amide bonds. The molecule has 5 heteroatoms. The number of nitrogen functional groups attached to an aromatic ring is 1. The Labute approximate surface area is 100.0 Å². The predicted octanol–water partition coefficient (Wildman–Crippen LogP) is 2.02. The molecule has 0 aliphatic carbocycles. The number of rotatable bonds is 5. The van der Waals surface area contributed by atoms with Gasteiger partial charge in [-0.05, 0) is 12.5 Å². The van der Waals surface area contributed by atoms with Crippen LogP contribution in [0, 0.1) is 0 Å². The van der Waals surface area contributed by atoms with Crippen LogP contribution in [-0.2, 0) is 0 Å². The molecule has 0 bridgehead atoms. The van der Waals surface area contributed by atoms with Crippen LogP contribution in [-0.4, -0.2) is 16.8 Å². The van der Waals surface area contributed by atoms with E-state index < -0.39 is 0 Å². The Hall–Kier alpha value is -1.13. The summed E-state index contributed by atoms with van der Waals surface area (Å²) in [6.07, 6.45) is 3.47. The molecule has 4 nitrogen and oxygen atoms in total. The Kier molecular flexibility index (Phi) is 4.71. The van der Waals surface area contributed by atoms with E-state index in [2.05, 4.69) is 4.98 Å². The standard InChI is InChI=1S/C11H16ClN3O/c1-2-3-8(13)5-10(16)9-4-7(12)6-15-11(9)14/h4,6,8H,2-3,5,13H2,1H3,(H2,14,15). The van der Waals surface area contributed by atoms with E-state index in [1.807, 2.05) is 6.92 Å². The van der Waals surface area contributed by atoms with Gasteiger partial charge >= 0.3 is 0 Å². The minimum atomic E-state index is -0.129. The number of anilines is 1. The Morgan fingerprint density at radius 3 is 2.94 bits per heavy atom. The first kappa shape index (κ1) is 12.9. The van der Waals surface area contributed by atoms with Crippen molar-refractivity contribution in [1.29, 1.82) is 0 Å². The van der Waals surface area contributed by atoms with E-state index in [1.54, 1.807) is 0 Å². The van der Waals surface area contributed by atoms with E-state index in [-0.39, 0.29) is 24.1 Å². The maximum Gasteiger partial charge on any atom is 0.168 e.